The quantitative estimate of drug-likeness (QED) is 0.787. The molecule has 5 nitrogen and oxygen atoms in total. The largest absolute Gasteiger partial charge is 0.349 e. The first-order chi connectivity index (χ1) is 9.04. The van der Waals surface area contributed by atoms with Crippen molar-refractivity contribution >= 4 is 11.8 Å². The first-order valence-corrected chi connectivity index (χ1v) is 6.23. The van der Waals surface area contributed by atoms with Gasteiger partial charge in [0.05, 0.1) is 19.0 Å². The Balaban J connectivity index is 2.79. The van der Waals surface area contributed by atoms with E-state index in [0.717, 1.165) is 5.56 Å². The molecule has 0 aliphatic rings. The maximum absolute atomic E-state index is 11.8. The van der Waals surface area contributed by atoms with Crippen LogP contribution < -0.4 is 10.6 Å². The molecule has 2 N–H and O–H groups in total. The summed E-state index contributed by atoms with van der Waals surface area (Å²) in [5.74, 6) is -0.137. The van der Waals surface area contributed by atoms with Crippen molar-refractivity contribution in [2.45, 2.75) is 12.5 Å². The zero-order chi connectivity index (χ0) is 14.3. The Morgan fingerprint density at radius 1 is 1.21 bits per heavy atom. The molecule has 1 aromatic rings. The van der Waals surface area contributed by atoms with Gasteiger partial charge >= 0.3 is 0 Å². The van der Waals surface area contributed by atoms with E-state index in [9.17, 15) is 9.59 Å². The Labute approximate surface area is 114 Å². The SMILES string of the molecule is CNCC(=O)NC(CC(=O)N(C)C)c1ccccc1. The average molecular weight is 263 g/mol. The van der Waals surface area contributed by atoms with Crippen LogP contribution in [0.15, 0.2) is 30.3 Å². The van der Waals surface area contributed by atoms with Gasteiger partial charge in [0.1, 0.15) is 0 Å². The highest BCUT2D eigenvalue weighted by atomic mass is 16.2. The highest BCUT2D eigenvalue weighted by Crippen LogP contribution is 2.17. The van der Waals surface area contributed by atoms with Gasteiger partial charge in [-0.05, 0) is 12.6 Å². The smallest absolute Gasteiger partial charge is 0.234 e. The van der Waals surface area contributed by atoms with Crippen LogP contribution in [0.4, 0.5) is 0 Å². The Morgan fingerprint density at radius 2 is 1.84 bits per heavy atom. The van der Waals surface area contributed by atoms with Gasteiger partial charge in [-0.1, -0.05) is 30.3 Å². The Kier molecular flexibility index (Phi) is 6.02. The molecule has 0 heterocycles. The van der Waals surface area contributed by atoms with Crippen LogP contribution >= 0.6 is 0 Å². The Bertz CT molecular complexity index is 418. The molecular formula is C14H21N3O2. The molecule has 0 saturated heterocycles. The monoisotopic (exact) mass is 263 g/mol. The van der Waals surface area contributed by atoms with Gasteiger partial charge < -0.3 is 15.5 Å². The van der Waals surface area contributed by atoms with Crippen molar-refractivity contribution in [3.05, 3.63) is 35.9 Å². The van der Waals surface area contributed by atoms with Crippen LogP contribution in [0.5, 0.6) is 0 Å². The minimum Gasteiger partial charge on any atom is -0.349 e. The minimum absolute atomic E-state index is 0.0152. The van der Waals surface area contributed by atoms with Crippen LogP contribution in [0.1, 0.15) is 18.0 Å². The number of carbonyl (C=O) groups is 2. The molecule has 0 saturated carbocycles. The van der Waals surface area contributed by atoms with E-state index < -0.39 is 0 Å². The van der Waals surface area contributed by atoms with Crippen molar-refractivity contribution in [3.8, 4) is 0 Å². The summed E-state index contributed by atoms with van der Waals surface area (Å²) in [6.07, 6.45) is 0.256. The zero-order valence-corrected chi connectivity index (χ0v) is 11.6. The van der Waals surface area contributed by atoms with Crippen molar-refractivity contribution in [2.24, 2.45) is 0 Å². The second-order valence-corrected chi connectivity index (χ2v) is 4.55. The number of hydrogen-bond acceptors (Lipinski definition) is 3. The standard InChI is InChI=1S/C14H21N3O2/c1-15-10-13(18)16-12(9-14(19)17(2)3)11-7-5-4-6-8-11/h4-8,12,15H,9-10H2,1-3H3,(H,16,18). The van der Waals surface area contributed by atoms with Crippen LogP contribution in [0.25, 0.3) is 0 Å². The van der Waals surface area contributed by atoms with E-state index >= 15 is 0 Å². The number of amides is 2. The lowest BCUT2D eigenvalue weighted by Gasteiger charge is -2.20. The summed E-state index contributed by atoms with van der Waals surface area (Å²) in [7, 11) is 5.13. The van der Waals surface area contributed by atoms with Crippen molar-refractivity contribution in [2.75, 3.05) is 27.7 Å². The normalized spacial score (nSPS) is 11.7. The van der Waals surface area contributed by atoms with E-state index in [1.807, 2.05) is 30.3 Å². The molecule has 0 radical (unpaired) electrons. The summed E-state index contributed by atoms with van der Waals surface area (Å²) >= 11 is 0. The van der Waals surface area contributed by atoms with Gasteiger partial charge in [-0.15, -0.1) is 0 Å². The fraction of sp³-hybridized carbons (Fsp3) is 0.429. The lowest BCUT2D eigenvalue weighted by molar-refractivity contribution is -0.129. The molecule has 5 heteroatoms. The van der Waals surface area contributed by atoms with Crippen LogP contribution in [0, 0.1) is 0 Å². The molecule has 1 unspecified atom stereocenters. The van der Waals surface area contributed by atoms with Crippen molar-refractivity contribution in [3.63, 3.8) is 0 Å². The minimum atomic E-state index is -0.294. The molecule has 1 rings (SSSR count). The van der Waals surface area contributed by atoms with Gasteiger partial charge in [-0.3, -0.25) is 9.59 Å². The lowest BCUT2D eigenvalue weighted by Crippen LogP contribution is -2.37. The molecular weight excluding hydrogens is 242 g/mol. The van der Waals surface area contributed by atoms with E-state index in [1.54, 1.807) is 21.1 Å². The number of benzene rings is 1. The predicted octanol–water partition coefficient (Wildman–Crippen LogP) is 0.542. The first kappa shape index (κ1) is 15.2. The molecule has 0 fully saturated rings. The zero-order valence-electron chi connectivity index (χ0n) is 11.6. The summed E-state index contributed by atoms with van der Waals surface area (Å²) < 4.78 is 0. The maximum atomic E-state index is 11.8. The summed E-state index contributed by atoms with van der Waals surface area (Å²) in [4.78, 5) is 25.0. The highest BCUT2D eigenvalue weighted by Gasteiger charge is 2.18. The summed E-state index contributed by atoms with van der Waals surface area (Å²) in [6, 6.07) is 9.22. The van der Waals surface area contributed by atoms with Gasteiger partial charge in [0.25, 0.3) is 0 Å². The molecule has 19 heavy (non-hydrogen) atoms. The maximum Gasteiger partial charge on any atom is 0.234 e. The van der Waals surface area contributed by atoms with Crippen LogP contribution in [-0.4, -0.2) is 44.4 Å². The van der Waals surface area contributed by atoms with E-state index in [0.29, 0.717) is 0 Å². The molecule has 0 bridgehead atoms. The second kappa shape index (κ2) is 7.53. The summed E-state index contributed by atoms with van der Waals surface area (Å²) in [5, 5.41) is 5.66. The summed E-state index contributed by atoms with van der Waals surface area (Å²) in [5.41, 5.74) is 0.933. The molecule has 104 valence electrons. The topological polar surface area (TPSA) is 61.4 Å². The molecule has 0 aromatic heterocycles. The average Bonchev–Trinajstić information content (AvgIpc) is 2.39. The highest BCUT2D eigenvalue weighted by molar-refractivity contribution is 5.81. The van der Waals surface area contributed by atoms with Crippen molar-refractivity contribution < 1.29 is 9.59 Å². The number of carbonyl (C=O) groups excluding carboxylic acids is 2. The van der Waals surface area contributed by atoms with Gasteiger partial charge in [-0.25, -0.2) is 0 Å². The van der Waals surface area contributed by atoms with Gasteiger partial charge in [0, 0.05) is 14.1 Å². The fourth-order valence-corrected chi connectivity index (χ4v) is 1.70. The number of likely N-dealkylation sites (N-methyl/N-ethyl adjacent to an activating group) is 1. The number of nitrogens with zero attached hydrogens (tertiary/aromatic N) is 1. The predicted molar refractivity (Wildman–Crippen MR) is 74.6 cm³/mol. The van der Waals surface area contributed by atoms with Crippen LogP contribution in [0.2, 0.25) is 0 Å². The third kappa shape index (κ3) is 5.09. The Hall–Kier alpha value is -1.88. The van der Waals surface area contributed by atoms with Gasteiger partial charge in [0.2, 0.25) is 11.8 Å². The third-order valence-electron chi connectivity index (χ3n) is 2.75. The van der Waals surface area contributed by atoms with E-state index in [-0.39, 0.29) is 30.8 Å². The van der Waals surface area contributed by atoms with Gasteiger partial charge in [0.15, 0.2) is 0 Å². The van der Waals surface area contributed by atoms with Crippen molar-refractivity contribution in [1.82, 2.24) is 15.5 Å². The first-order valence-electron chi connectivity index (χ1n) is 6.23. The van der Waals surface area contributed by atoms with E-state index in [4.69, 9.17) is 0 Å². The molecule has 0 aliphatic carbocycles. The Morgan fingerprint density at radius 3 is 2.37 bits per heavy atom. The number of nitrogens with one attached hydrogen (secondary N) is 2. The van der Waals surface area contributed by atoms with E-state index in [2.05, 4.69) is 10.6 Å². The fourth-order valence-electron chi connectivity index (χ4n) is 1.70. The van der Waals surface area contributed by atoms with Crippen LogP contribution in [-0.2, 0) is 9.59 Å². The summed E-state index contributed by atoms with van der Waals surface area (Å²) in [6.45, 7) is 0.236. The third-order valence-corrected chi connectivity index (χ3v) is 2.75. The lowest BCUT2D eigenvalue weighted by atomic mass is 10.0. The number of rotatable bonds is 6. The van der Waals surface area contributed by atoms with Crippen molar-refractivity contribution in [1.29, 1.82) is 0 Å². The number of hydrogen-bond donors (Lipinski definition) is 2. The molecule has 0 aliphatic heterocycles. The van der Waals surface area contributed by atoms with E-state index in [1.165, 1.54) is 4.90 Å². The molecule has 0 spiro atoms. The second-order valence-electron chi connectivity index (χ2n) is 4.55. The molecule has 1 atom stereocenters. The molecule has 1 aromatic carbocycles. The molecule has 2 amide bonds. The van der Waals surface area contributed by atoms with Crippen LogP contribution in [0.3, 0.4) is 0 Å². The van der Waals surface area contributed by atoms with Gasteiger partial charge in [-0.2, -0.15) is 0 Å².